The van der Waals surface area contributed by atoms with E-state index in [0.29, 0.717) is 5.76 Å². The standard InChI is InChI=1S/C21H19N3O2S/c1-15-7-12-19(26-15)13-14-20(25)24-21(27)23-18-10-8-17(9-11-18)22-16-5-3-2-4-6-16/h2-14,22H,1H3,(H2,23,24,25,27). The first-order chi connectivity index (χ1) is 13.1. The van der Waals surface area contributed by atoms with Gasteiger partial charge in [-0.1, -0.05) is 18.2 Å². The third-order valence-corrected chi connectivity index (χ3v) is 3.81. The van der Waals surface area contributed by atoms with Gasteiger partial charge in [-0.25, -0.2) is 0 Å². The molecule has 0 aliphatic heterocycles. The number of amides is 1. The van der Waals surface area contributed by atoms with E-state index in [-0.39, 0.29) is 11.0 Å². The van der Waals surface area contributed by atoms with Crippen molar-refractivity contribution in [1.82, 2.24) is 5.32 Å². The average Bonchev–Trinajstić information content (AvgIpc) is 3.08. The van der Waals surface area contributed by atoms with E-state index in [4.69, 9.17) is 16.6 Å². The maximum atomic E-state index is 11.9. The summed E-state index contributed by atoms with van der Waals surface area (Å²) in [7, 11) is 0. The third kappa shape index (κ3) is 5.83. The number of carbonyl (C=O) groups is 1. The van der Waals surface area contributed by atoms with Crippen LogP contribution in [0, 0.1) is 6.92 Å². The molecule has 0 atom stereocenters. The Hall–Kier alpha value is -3.38. The van der Waals surface area contributed by atoms with Crippen LogP contribution in [0.15, 0.2) is 77.2 Å². The number of rotatable bonds is 5. The van der Waals surface area contributed by atoms with Crippen LogP contribution in [-0.4, -0.2) is 11.0 Å². The van der Waals surface area contributed by atoms with Crippen LogP contribution in [0.1, 0.15) is 11.5 Å². The van der Waals surface area contributed by atoms with E-state index in [1.807, 2.05) is 67.6 Å². The summed E-state index contributed by atoms with van der Waals surface area (Å²) in [5.41, 5.74) is 2.75. The van der Waals surface area contributed by atoms with Crippen molar-refractivity contribution < 1.29 is 9.21 Å². The molecule has 1 heterocycles. The van der Waals surface area contributed by atoms with Gasteiger partial charge in [-0.3, -0.25) is 10.1 Å². The van der Waals surface area contributed by atoms with Crippen LogP contribution in [0.25, 0.3) is 6.08 Å². The fourth-order valence-corrected chi connectivity index (χ4v) is 2.56. The van der Waals surface area contributed by atoms with Crippen LogP contribution in [0.5, 0.6) is 0 Å². The van der Waals surface area contributed by atoms with Gasteiger partial charge in [-0.15, -0.1) is 0 Å². The van der Waals surface area contributed by atoms with E-state index in [9.17, 15) is 4.79 Å². The summed E-state index contributed by atoms with van der Waals surface area (Å²) in [4.78, 5) is 11.9. The molecule has 3 rings (SSSR count). The molecule has 3 aromatic rings. The molecule has 0 aliphatic rings. The first kappa shape index (κ1) is 18.4. The van der Waals surface area contributed by atoms with Crippen molar-refractivity contribution in [3.63, 3.8) is 0 Å². The number of aryl methyl sites for hydroxylation is 1. The molecule has 0 spiro atoms. The van der Waals surface area contributed by atoms with Gasteiger partial charge < -0.3 is 15.1 Å². The maximum absolute atomic E-state index is 11.9. The highest BCUT2D eigenvalue weighted by molar-refractivity contribution is 7.80. The number of nitrogens with one attached hydrogen (secondary N) is 3. The molecule has 0 fully saturated rings. The van der Waals surface area contributed by atoms with Crippen molar-refractivity contribution >= 4 is 46.4 Å². The van der Waals surface area contributed by atoms with Gasteiger partial charge in [0.15, 0.2) is 5.11 Å². The molecular formula is C21H19N3O2S. The van der Waals surface area contributed by atoms with Gasteiger partial charge in [-0.2, -0.15) is 0 Å². The lowest BCUT2D eigenvalue weighted by Crippen LogP contribution is -2.32. The first-order valence-electron chi connectivity index (χ1n) is 8.37. The van der Waals surface area contributed by atoms with Gasteiger partial charge in [-0.05, 0) is 73.7 Å². The van der Waals surface area contributed by atoms with Crippen molar-refractivity contribution in [1.29, 1.82) is 0 Å². The van der Waals surface area contributed by atoms with Gasteiger partial charge in [0, 0.05) is 23.1 Å². The Kier molecular flexibility index (Phi) is 6.02. The van der Waals surface area contributed by atoms with Crippen LogP contribution in [0.4, 0.5) is 17.1 Å². The number of hydrogen-bond donors (Lipinski definition) is 3. The third-order valence-electron chi connectivity index (χ3n) is 3.60. The lowest BCUT2D eigenvalue weighted by atomic mass is 10.2. The number of thiocarbonyl (C=S) groups is 1. The molecule has 2 aromatic carbocycles. The van der Waals surface area contributed by atoms with E-state index in [2.05, 4.69) is 16.0 Å². The highest BCUT2D eigenvalue weighted by Gasteiger charge is 2.03. The molecule has 1 aromatic heterocycles. The number of para-hydroxylation sites is 1. The zero-order valence-electron chi connectivity index (χ0n) is 14.7. The van der Waals surface area contributed by atoms with Crippen LogP contribution in [0.3, 0.4) is 0 Å². The second-order valence-electron chi connectivity index (χ2n) is 5.79. The van der Waals surface area contributed by atoms with Crippen molar-refractivity contribution in [3.05, 3.63) is 84.3 Å². The highest BCUT2D eigenvalue weighted by Crippen LogP contribution is 2.18. The van der Waals surface area contributed by atoms with E-state index >= 15 is 0 Å². The highest BCUT2D eigenvalue weighted by atomic mass is 32.1. The predicted molar refractivity (Wildman–Crippen MR) is 113 cm³/mol. The lowest BCUT2D eigenvalue weighted by molar-refractivity contribution is -0.115. The van der Waals surface area contributed by atoms with E-state index in [1.165, 1.54) is 6.08 Å². The Bertz CT molecular complexity index is 947. The average molecular weight is 377 g/mol. The Morgan fingerprint density at radius 1 is 0.926 bits per heavy atom. The number of furan rings is 1. The Morgan fingerprint density at radius 2 is 1.59 bits per heavy atom. The molecule has 3 N–H and O–H groups in total. The second-order valence-corrected chi connectivity index (χ2v) is 6.20. The molecular weight excluding hydrogens is 358 g/mol. The zero-order chi connectivity index (χ0) is 19.1. The molecule has 0 radical (unpaired) electrons. The summed E-state index contributed by atoms with van der Waals surface area (Å²) in [6.45, 7) is 1.84. The minimum atomic E-state index is -0.330. The summed E-state index contributed by atoms with van der Waals surface area (Å²) in [5, 5.41) is 9.11. The summed E-state index contributed by atoms with van der Waals surface area (Å²) < 4.78 is 5.37. The van der Waals surface area contributed by atoms with Crippen molar-refractivity contribution in [2.45, 2.75) is 6.92 Å². The van der Waals surface area contributed by atoms with Crippen LogP contribution >= 0.6 is 12.2 Å². The van der Waals surface area contributed by atoms with Gasteiger partial charge in [0.05, 0.1) is 0 Å². The molecule has 5 nitrogen and oxygen atoms in total. The normalized spacial score (nSPS) is 10.6. The molecule has 0 unspecified atom stereocenters. The summed E-state index contributed by atoms with van der Waals surface area (Å²) >= 11 is 5.17. The summed E-state index contributed by atoms with van der Waals surface area (Å²) in [6, 6.07) is 21.2. The molecule has 27 heavy (non-hydrogen) atoms. The minimum absolute atomic E-state index is 0.226. The molecule has 0 saturated carbocycles. The Labute approximate surface area is 163 Å². The van der Waals surface area contributed by atoms with Gasteiger partial charge in [0.2, 0.25) is 5.91 Å². The maximum Gasteiger partial charge on any atom is 0.250 e. The minimum Gasteiger partial charge on any atom is -0.462 e. The lowest BCUT2D eigenvalue weighted by Gasteiger charge is -2.10. The largest absolute Gasteiger partial charge is 0.462 e. The van der Waals surface area contributed by atoms with Crippen molar-refractivity contribution in [3.8, 4) is 0 Å². The molecule has 0 saturated heterocycles. The van der Waals surface area contributed by atoms with Crippen LogP contribution in [-0.2, 0) is 4.79 Å². The fraction of sp³-hybridized carbons (Fsp3) is 0.0476. The zero-order valence-corrected chi connectivity index (χ0v) is 15.5. The topological polar surface area (TPSA) is 66.3 Å². The Balaban J connectivity index is 1.50. The second kappa shape index (κ2) is 8.82. The molecule has 1 amide bonds. The molecule has 0 aliphatic carbocycles. The fourth-order valence-electron chi connectivity index (χ4n) is 2.34. The molecule has 136 valence electrons. The number of carbonyl (C=O) groups excluding carboxylic acids is 1. The van der Waals surface area contributed by atoms with Gasteiger partial charge >= 0.3 is 0 Å². The quantitative estimate of drug-likeness (QED) is 0.438. The van der Waals surface area contributed by atoms with E-state index < -0.39 is 0 Å². The Morgan fingerprint density at radius 3 is 2.26 bits per heavy atom. The van der Waals surface area contributed by atoms with E-state index in [1.54, 1.807) is 12.1 Å². The summed E-state index contributed by atoms with van der Waals surface area (Å²) in [6.07, 6.45) is 2.97. The van der Waals surface area contributed by atoms with Crippen molar-refractivity contribution in [2.75, 3.05) is 10.6 Å². The number of benzene rings is 2. The van der Waals surface area contributed by atoms with Crippen LogP contribution in [0.2, 0.25) is 0 Å². The van der Waals surface area contributed by atoms with Gasteiger partial charge in [0.1, 0.15) is 11.5 Å². The summed E-state index contributed by atoms with van der Waals surface area (Å²) in [5.74, 6) is 1.07. The smallest absolute Gasteiger partial charge is 0.250 e. The SMILES string of the molecule is Cc1ccc(C=CC(=O)NC(=S)Nc2ccc(Nc3ccccc3)cc2)o1. The van der Waals surface area contributed by atoms with Gasteiger partial charge in [0.25, 0.3) is 0 Å². The van der Waals surface area contributed by atoms with Crippen LogP contribution < -0.4 is 16.0 Å². The van der Waals surface area contributed by atoms with E-state index in [0.717, 1.165) is 22.8 Å². The predicted octanol–water partition coefficient (Wildman–Crippen LogP) is 4.86. The molecule has 6 heteroatoms. The van der Waals surface area contributed by atoms with Crippen molar-refractivity contribution in [2.24, 2.45) is 0 Å². The number of anilines is 3. The number of hydrogen-bond acceptors (Lipinski definition) is 4. The monoisotopic (exact) mass is 377 g/mol. The first-order valence-corrected chi connectivity index (χ1v) is 8.78. The molecule has 0 bridgehead atoms.